The maximum Gasteiger partial charge on any atom is 0.254 e. The molecule has 0 aromatic heterocycles. The normalized spacial score (nSPS) is 20.4. The van der Waals surface area contributed by atoms with Crippen LogP contribution in [-0.2, 0) is 14.3 Å². The first kappa shape index (κ1) is 18.8. The summed E-state index contributed by atoms with van der Waals surface area (Å²) in [6.45, 7) is 5.91. The van der Waals surface area contributed by atoms with Gasteiger partial charge in [0.1, 0.15) is 11.9 Å². The van der Waals surface area contributed by atoms with Gasteiger partial charge in [-0.2, -0.15) is 0 Å². The number of amides is 2. The summed E-state index contributed by atoms with van der Waals surface area (Å²) < 4.78 is 25.2. The molecule has 3 rings (SSSR count). The quantitative estimate of drug-likeness (QED) is 0.887. The lowest BCUT2D eigenvalue weighted by Crippen LogP contribution is -2.55. The van der Waals surface area contributed by atoms with Crippen LogP contribution in [0.1, 0.15) is 37.0 Å². The molecule has 2 fully saturated rings. The van der Waals surface area contributed by atoms with Crippen LogP contribution in [0.15, 0.2) is 24.3 Å². The van der Waals surface area contributed by atoms with Crippen LogP contribution in [0.3, 0.4) is 0 Å². The predicted octanol–water partition coefficient (Wildman–Crippen LogP) is 1.95. The van der Waals surface area contributed by atoms with Crippen LogP contribution in [0.25, 0.3) is 0 Å². The number of nitrogens with one attached hydrogen (secondary N) is 1. The fraction of sp³-hybridized carbons (Fsp3) is 0.579. The van der Waals surface area contributed by atoms with Crippen molar-refractivity contribution in [3.8, 4) is 0 Å². The summed E-state index contributed by atoms with van der Waals surface area (Å²) in [6, 6.07) is 5.05. The van der Waals surface area contributed by atoms with Crippen molar-refractivity contribution in [1.29, 1.82) is 0 Å². The SMILES string of the molecule is CC(C)[C@H](NC(=O)c1ccccc1F)C(=O)N1CCC2(CC1)OCCO2. The fourth-order valence-electron chi connectivity index (χ4n) is 3.43. The minimum absolute atomic E-state index is 0.0590. The van der Waals surface area contributed by atoms with E-state index in [-0.39, 0.29) is 17.4 Å². The lowest BCUT2D eigenvalue weighted by atomic mass is 9.98. The van der Waals surface area contributed by atoms with E-state index < -0.39 is 23.6 Å². The molecule has 2 aliphatic heterocycles. The van der Waals surface area contributed by atoms with E-state index in [1.807, 2.05) is 13.8 Å². The van der Waals surface area contributed by atoms with Gasteiger partial charge in [-0.15, -0.1) is 0 Å². The van der Waals surface area contributed by atoms with Crippen LogP contribution >= 0.6 is 0 Å². The third kappa shape index (κ3) is 3.88. The average Bonchev–Trinajstić information content (AvgIpc) is 3.07. The number of hydrogen-bond acceptors (Lipinski definition) is 4. The molecular weight excluding hydrogens is 339 g/mol. The van der Waals surface area contributed by atoms with Crippen LogP contribution in [0.4, 0.5) is 4.39 Å². The van der Waals surface area contributed by atoms with Crippen molar-refractivity contribution in [2.24, 2.45) is 5.92 Å². The molecule has 1 N–H and O–H groups in total. The highest BCUT2D eigenvalue weighted by molar-refractivity contribution is 5.97. The highest BCUT2D eigenvalue weighted by Crippen LogP contribution is 2.31. The minimum Gasteiger partial charge on any atom is -0.347 e. The molecule has 0 bridgehead atoms. The van der Waals surface area contributed by atoms with Gasteiger partial charge in [-0.3, -0.25) is 9.59 Å². The molecule has 2 amide bonds. The van der Waals surface area contributed by atoms with Gasteiger partial charge in [-0.1, -0.05) is 26.0 Å². The zero-order chi connectivity index (χ0) is 18.7. The molecule has 2 heterocycles. The lowest BCUT2D eigenvalue weighted by molar-refractivity contribution is -0.188. The van der Waals surface area contributed by atoms with E-state index in [4.69, 9.17) is 9.47 Å². The summed E-state index contributed by atoms with van der Waals surface area (Å²) in [4.78, 5) is 27.1. The molecule has 0 saturated carbocycles. The van der Waals surface area contributed by atoms with E-state index in [0.717, 1.165) is 0 Å². The Labute approximate surface area is 152 Å². The van der Waals surface area contributed by atoms with Crippen LogP contribution in [0, 0.1) is 11.7 Å². The first-order chi connectivity index (χ1) is 12.4. The maximum atomic E-state index is 13.8. The summed E-state index contributed by atoms with van der Waals surface area (Å²) in [6.07, 6.45) is 1.23. The molecule has 7 heteroatoms. The Bertz CT molecular complexity index is 663. The van der Waals surface area contributed by atoms with Crippen molar-refractivity contribution < 1.29 is 23.5 Å². The Morgan fingerprint density at radius 1 is 1.15 bits per heavy atom. The second-order valence-corrected chi connectivity index (χ2v) is 7.11. The molecule has 26 heavy (non-hydrogen) atoms. The number of rotatable bonds is 4. The number of piperidine rings is 1. The number of carbonyl (C=O) groups is 2. The largest absolute Gasteiger partial charge is 0.347 e. The molecule has 1 aromatic carbocycles. The van der Waals surface area contributed by atoms with Crippen molar-refractivity contribution in [2.45, 2.75) is 38.5 Å². The fourth-order valence-corrected chi connectivity index (χ4v) is 3.43. The topological polar surface area (TPSA) is 67.9 Å². The summed E-state index contributed by atoms with van der Waals surface area (Å²) in [5.41, 5.74) is -0.0590. The number of benzene rings is 1. The summed E-state index contributed by atoms with van der Waals surface area (Å²) in [5, 5.41) is 2.70. The van der Waals surface area contributed by atoms with Gasteiger partial charge in [0, 0.05) is 25.9 Å². The molecule has 2 aliphatic rings. The molecule has 0 unspecified atom stereocenters. The van der Waals surface area contributed by atoms with E-state index in [9.17, 15) is 14.0 Å². The van der Waals surface area contributed by atoms with Crippen LogP contribution in [0.5, 0.6) is 0 Å². The third-order valence-electron chi connectivity index (χ3n) is 4.99. The molecule has 0 aliphatic carbocycles. The Morgan fingerprint density at radius 2 is 1.77 bits per heavy atom. The van der Waals surface area contributed by atoms with E-state index in [0.29, 0.717) is 39.1 Å². The van der Waals surface area contributed by atoms with Gasteiger partial charge in [0.15, 0.2) is 5.79 Å². The molecule has 1 atom stereocenters. The Balaban J connectivity index is 1.65. The van der Waals surface area contributed by atoms with E-state index in [1.165, 1.54) is 18.2 Å². The second kappa shape index (κ2) is 7.72. The lowest BCUT2D eigenvalue weighted by Gasteiger charge is -2.39. The van der Waals surface area contributed by atoms with Crippen LogP contribution in [-0.4, -0.2) is 54.8 Å². The maximum absolute atomic E-state index is 13.8. The van der Waals surface area contributed by atoms with Crippen molar-refractivity contribution in [2.75, 3.05) is 26.3 Å². The predicted molar refractivity (Wildman–Crippen MR) is 92.9 cm³/mol. The second-order valence-electron chi connectivity index (χ2n) is 7.11. The molecule has 0 radical (unpaired) electrons. The van der Waals surface area contributed by atoms with Crippen molar-refractivity contribution in [3.63, 3.8) is 0 Å². The van der Waals surface area contributed by atoms with E-state index in [2.05, 4.69) is 5.32 Å². The van der Waals surface area contributed by atoms with Gasteiger partial charge in [0.05, 0.1) is 18.8 Å². The van der Waals surface area contributed by atoms with Gasteiger partial charge in [0.25, 0.3) is 5.91 Å². The highest BCUT2D eigenvalue weighted by atomic mass is 19.1. The Kier molecular flexibility index (Phi) is 5.58. The molecule has 6 nitrogen and oxygen atoms in total. The molecular formula is C19H25FN2O4. The van der Waals surface area contributed by atoms with E-state index >= 15 is 0 Å². The third-order valence-corrected chi connectivity index (χ3v) is 4.99. The van der Waals surface area contributed by atoms with Gasteiger partial charge in [-0.25, -0.2) is 4.39 Å². The van der Waals surface area contributed by atoms with Crippen LogP contribution in [0.2, 0.25) is 0 Å². The smallest absolute Gasteiger partial charge is 0.254 e. The number of likely N-dealkylation sites (tertiary alicyclic amines) is 1. The number of nitrogens with zero attached hydrogens (tertiary/aromatic N) is 1. The van der Waals surface area contributed by atoms with Gasteiger partial charge >= 0.3 is 0 Å². The Morgan fingerprint density at radius 3 is 2.35 bits per heavy atom. The summed E-state index contributed by atoms with van der Waals surface area (Å²) in [5.74, 6) is -2.01. The molecule has 1 aromatic rings. The molecule has 142 valence electrons. The number of carbonyl (C=O) groups excluding carboxylic acids is 2. The zero-order valence-corrected chi connectivity index (χ0v) is 15.2. The van der Waals surface area contributed by atoms with Crippen molar-refractivity contribution in [3.05, 3.63) is 35.6 Å². The first-order valence-electron chi connectivity index (χ1n) is 9.04. The minimum atomic E-state index is -0.707. The number of halogens is 1. The first-order valence-corrected chi connectivity index (χ1v) is 9.04. The monoisotopic (exact) mass is 364 g/mol. The zero-order valence-electron chi connectivity index (χ0n) is 15.2. The standard InChI is InChI=1S/C19H25FN2O4/c1-13(2)16(21-17(23)14-5-3-4-6-15(14)20)18(24)22-9-7-19(8-10-22)25-11-12-26-19/h3-6,13,16H,7-12H2,1-2H3,(H,21,23)/t16-/m0/s1. The van der Waals surface area contributed by atoms with Gasteiger partial charge in [0.2, 0.25) is 5.91 Å². The highest BCUT2D eigenvalue weighted by Gasteiger charge is 2.42. The van der Waals surface area contributed by atoms with E-state index in [1.54, 1.807) is 11.0 Å². The average molecular weight is 364 g/mol. The number of hydrogen-bond donors (Lipinski definition) is 1. The van der Waals surface area contributed by atoms with Gasteiger partial charge < -0.3 is 19.7 Å². The van der Waals surface area contributed by atoms with Crippen molar-refractivity contribution >= 4 is 11.8 Å². The number of ether oxygens (including phenoxy) is 2. The summed E-state index contributed by atoms with van der Waals surface area (Å²) in [7, 11) is 0. The van der Waals surface area contributed by atoms with Crippen molar-refractivity contribution in [1.82, 2.24) is 10.2 Å². The van der Waals surface area contributed by atoms with Gasteiger partial charge in [-0.05, 0) is 18.1 Å². The Hall–Kier alpha value is -1.99. The van der Waals surface area contributed by atoms with Crippen LogP contribution < -0.4 is 5.32 Å². The molecule has 1 spiro atoms. The summed E-state index contributed by atoms with van der Waals surface area (Å²) >= 11 is 0. The molecule has 2 saturated heterocycles.